The smallest absolute Gasteiger partial charge is 0.225 e. The van der Waals surface area contributed by atoms with Crippen LogP contribution in [0.2, 0.25) is 0 Å². The minimum atomic E-state index is -0.0982. The summed E-state index contributed by atoms with van der Waals surface area (Å²) < 4.78 is 5.45. The van der Waals surface area contributed by atoms with Crippen LogP contribution in [0.1, 0.15) is 19.4 Å². The Morgan fingerprint density at radius 3 is 2.92 bits per heavy atom. The molecule has 0 N–H and O–H groups in total. The van der Waals surface area contributed by atoms with E-state index in [0.717, 1.165) is 5.56 Å². The van der Waals surface area contributed by atoms with Gasteiger partial charge in [0.2, 0.25) is 5.90 Å². The normalized spacial score (nSPS) is 18.8. The Kier molecular flexibility index (Phi) is 1.73. The molecule has 2 heteroatoms. The number of hydrogen-bond acceptors (Lipinski definition) is 2. The van der Waals surface area contributed by atoms with Crippen LogP contribution in [0.3, 0.4) is 0 Å². The predicted molar refractivity (Wildman–Crippen MR) is 50.7 cm³/mol. The molecule has 0 aromatic heterocycles. The fourth-order valence-corrected chi connectivity index (χ4v) is 1.20. The van der Waals surface area contributed by atoms with Gasteiger partial charge in [0.15, 0.2) is 0 Å². The molecule has 13 heavy (non-hydrogen) atoms. The summed E-state index contributed by atoms with van der Waals surface area (Å²) in [6, 6.07) is 11.5. The Morgan fingerprint density at radius 1 is 1.54 bits per heavy atom. The molecule has 1 aromatic carbocycles. The van der Waals surface area contributed by atoms with Crippen LogP contribution in [-0.4, -0.2) is 18.0 Å². The van der Waals surface area contributed by atoms with Crippen LogP contribution < -0.4 is 0 Å². The number of rotatable bonds is 1. The van der Waals surface area contributed by atoms with E-state index in [2.05, 4.69) is 17.1 Å². The van der Waals surface area contributed by atoms with Gasteiger partial charge >= 0.3 is 0 Å². The van der Waals surface area contributed by atoms with E-state index in [1.54, 1.807) is 0 Å². The third kappa shape index (κ3) is 1.65. The monoisotopic (exact) mass is 173 g/mol. The topological polar surface area (TPSA) is 21.6 Å². The van der Waals surface area contributed by atoms with Crippen LogP contribution in [0.5, 0.6) is 0 Å². The fraction of sp³-hybridized carbons (Fsp3) is 0.364. The Balaban J connectivity index is 2.30. The Bertz CT molecular complexity index is 327. The quantitative estimate of drug-likeness (QED) is 0.635. The van der Waals surface area contributed by atoms with Crippen molar-refractivity contribution in [2.75, 3.05) is 6.61 Å². The van der Waals surface area contributed by atoms with Gasteiger partial charge in [-0.2, -0.15) is 0 Å². The summed E-state index contributed by atoms with van der Waals surface area (Å²) in [5, 5.41) is 0. The van der Waals surface area contributed by atoms with Crippen molar-refractivity contribution in [2.45, 2.75) is 19.4 Å². The maximum atomic E-state index is 5.45. The maximum absolute atomic E-state index is 5.45. The summed E-state index contributed by atoms with van der Waals surface area (Å²) in [5.74, 6) is 0.682. The van der Waals surface area contributed by atoms with Crippen molar-refractivity contribution >= 4 is 5.90 Å². The molecule has 0 saturated heterocycles. The summed E-state index contributed by atoms with van der Waals surface area (Å²) in [4.78, 5) is 4.43. The first kappa shape index (κ1) is 8.12. The van der Waals surface area contributed by atoms with E-state index in [4.69, 9.17) is 4.74 Å². The predicted octanol–water partition coefficient (Wildman–Crippen LogP) is 1.84. The van der Waals surface area contributed by atoms with Crippen LogP contribution in [0.25, 0.3) is 0 Å². The molecule has 0 bridgehead atoms. The summed E-state index contributed by atoms with van der Waals surface area (Å²) in [6.07, 6.45) is 0. The molecule has 0 saturated carbocycles. The van der Waals surface area contributed by atoms with Crippen molar-refractivity contribution in [3.8, 4) is 0 Å². The molecule has 1 heterocycles. The molecule has 0 spiro atoms. The highest BCUT2D eigenvalue weighted by Crippen LogP contribution is 2.19. The van der Waals surface area contributed by atoms with Crippen LogP contribution in [-0.2, 0) is 4.74 Å². The van der Waals surface area contributed by atoms with Crippen molar-refractivity contribution in [2.24, 2.45) is 4.99 Å². The molecule has 2 nitrogen and oxygen atoms in total. The highest BCUT2D eigenvalue weighted by atomic mass is 16.5. The zero-order valence-corrected chi connectivity index (χ0v) is 7.79. The van der Waals surface area contributed by atoms with Crippen molar-refractivity contribution in [3.05, 3.63) is 35.9 Å². The van der Waals surface area contributed by atoms with E-state index in [0.29, 0.717) is 12.5 Å². The average molecular weight is 173 g/mol. The largest absolute Gasteiger partial charge is 0.474 e. The van der Waals surface area contributed by atoms with Gasteiger partial charge < -0.3 is 4.74 Å². The molecule has 1 aliphatic rings. The fourth-order valence-electron chi connectivity index (χ4n) is 1.20. The molecular weight excluding hydrogens is 162 g/mol. The van der Waals surface area contributed by atoms with Crippen molar-refractivity contribution in [1.82, 2.24) is 0 Å². The van der Waals surface area contributed by atoms with E-state index in [1.165, 1.54) is 0 Å². The molecule has 0 unspecified atom stereocenters. The molecule has 0 aliphatic carbocycles. The van der Waals surface area contributed by atoms with Gasteiger partial charge in [0, 0.05) is 0 Å². The van der Waals surface area contributed by atoms with Crippen LogP contribution in [0, 0.1) is 12.1 Å². The zero-order valence-electron chi connectivity index (χ0n) is 7.79. The molecular formula is C11H11NO. The van der Waals surface area contributed by atoms with E-state index < -0.39 is 0 Å². The molecule has 66 valence electrons. The lowest BCUT2D eigenvalue weighted by Gasteiger charge is -2.07. The Morgan fingerprint density at radius 2 is 2.38 bits per heavy atom. The van der Waals surface area contributed by atoms with Gasteiger partial charge in [-0.25, -0.2) is 4.99 Å². The lowest BCUT2D eigenvalue weighted by atomic mass is 10.1. The maximum Gasteiger partial charge on any atom is 0.225 e. The summed E-state index contributed by atoms with van der Waals surface area (Å²) in [5.41, 5.74) is 0.784. The van der Waals surface area contributed by atoms with Gasteiger partial charge in [-0.1, -0.05) is 18.2 Å². The van der Waals surface area contributed by atoms with Gasteiger partial charge in [-0.05, 0) is 26.0 Å². The first-order valence-corrected chi connectivity index (χ1v) is 4.29. The van der Waals surface area contributed by atoms with Gasteiger partial charge in [0.1, 0.15) is 6.61 Å². The summed E-state index contributed by atoms with van der Waals surface area (Å²) >= 11 is 0. The third-order valence-corrected chi connectivity index (χ3v) is 1.85. The summed E-state index contributed by atoms with van der Waals surface area (Å²) in [7, 11) is 0. The van der Waals surface area contributed by atoms with E-state index in [-0.39, 0.29) is 5.54 Å². The van der Waals surface area contributed by atoms with Crippen LogP contribution in [0.4, 0.5) is 0 Å². The lowest BCUT2D eigenvalue weighted by Crippen LogP contribution is -2.17. The standard InChI is InChI=1S/C11H11NO/c1-11(2)8-13-10(12-11)9-6-4-3-5-7-9/h3-4,6H,8H2,1-2H3. The molecule has 2 rings (SSSR count). The Hall–Kier alpha value is -1.49. The first-order chi connectivity index (χ1) is 6.17. The average Bonchev–Trinajstić information content (AvgIpc) is 2.48. The zero-order chi connectivity index (χ0) is 9.31. The Labute approximate surface area is 78.3 Å². The third-order valence-electron chi connectivity index (χ3n) is 1.85. The van der Waals surface area contributed by atoms with E-state index in [9.17, 15) is 0 Å². The highest BCUT2D eigenvalue weighted by molar-refractivity contribution is 5.94. The number of nitrogens with zero attached hydrogens (tertiary/aromatic N) is 1. The van der Waals surface area contributed by atoms with Gasteiger partial charge in [0.05, 0.1) is 11.1 Å². The van der Waals surface area contributed by atoms with Crippen molar-refractivity contribution in [3.63, 3.8) is 0 Å². The van der Waals surface area contributed by atoms with Crippen molar-refractivity contribution < 1.29 is 4.74 Å². The first-order valence-electron chi connectivity index (χ1n) is 4.29. The van der Waals surface area contributed by atoms with Gasteiger partial charge in [0.25, 0.3) is 0 Å². The molecule has 1 aliphatic heterocycles. The highest BCUT2D eigenvalue weighted by Gasteiger charge is 2.26. The van der Waals surface area contributed by atoms with E-state index >= 15 is 0 Å². The molecule has 0 fully saturated rings. The number of aliphatic imine (C=N–C) groups is 1. The number of hydrogen-bond donors (Lipinski definition) is 0. The second-order valence-corrected chi connectivity index (χ2v) is 3.73. The SMILES string of the molecule is CC1(C)COC(c2c#cccc2)=N1. The minimum absolute atomic E-state index is 0.0982. The lowest BCUT2D eigenvalue weighted by molar-refractivity contribution is 0.279. The molecule has 0 atom stereocenters. The van der Waals surface area contributed by atoms with Gasteiger partial charge in [-0.15, -0.1) is 0 Å². The second-order valence-electron chi connectivity index (χ2n) is 3.73. The minimum Gasteiger partial charge on any atom is -0.474 e. The van der Waals surface area contributed by atoms with E-state index in [1.807, 2.05) is 32.0 Å². The van der Waals surface area contributed by atoms with Crippen molar-refractivity contribution in [1.29, 1.82) is 0 Å². The van der Waals surface area contributed by atoms with Crippen LogP contribution in [0.15, 0.2) is 23.2 Å². The number of ether oxygens (including phenoxy) is 1. The molecule has 1 aromatic rings. The second kappa shape index (κ2) is 2.77. The van der Waals surface area contributed by atoms with Gasteiger partial charge in [-0.3, -0.25) is 0 Å². The molecule has 0 amide bonds. The summed E-state index contributed by atoms with van der Waals surface area (Å²) in [6.45, 7) is 4.74. The van der Waals surface area contributed by atoms with Crippen LogP contribution >= 0.6 is 0 Å². The molecule has 0 radical (unpaired) electrons.